The first-order chi connectivity index (χ1) is 16.9. The van der Waals surface area contributed by atoms with Gasteiger partial charge in [-0.25, -0.2) is 4.98 Å². The van der Waals surface area contributed by atoms with Gasteiger partial charge in [-0.05, 0) is 48.5 Å². The highest BCUT2D eigenvalue weighted by molar-refractivity contribution is 7.98. The molecule has 0 N–H and O–H groups in total. The first-order valence-electron chi connectivity index (χ1n) is 10.6. The molecule has 35 heavy (non-hydrogen) atoms. The maximum Gasteiger partial charge on any atom is 0.278 e. The van der Waals surface area contributed by atoms with E-state index in [1.54, 1.807) is 16.7 Å². The molecule has 0 aliphatic heterocycles. The molecule has 0 radical (unpaired) electrons. The number of rotatable bonds is 6. The highest BCUT2D eigenvalue weighted by Crippen LogP contribution is 2.30. The lowest BCUT2D eigenvalue weighted by Crippen LogP contribution is -2.21. The number of nitrogens with zero attached hydrogens (tertiary/aromatic N) is 4. The summed E-state index contributed by atoms with van der Waals surface area (Å²) in [7, 11) is 0. The van der Waals surface area contributed by atoms with E-state index in [4.69, 9.17) is 17.2 Å². The van der Waals surface area contributed by atoms with Gasteiger partial charge in [0.2, 0.25) is 0 Å². The lowest BCUT2D eigenvalue weighted by molar-refractivity contribution is -0.384. The number of fused-ring (bicyclic) bond motifs is 1. The molecule has 174 valence electrons. The maximum absolute atomic E-state index is 13.7. The smallest absolute Gasteiger partial charge is 0.275 e. The molecule has 0 aliphatic carbocycles. The summed E-state index contributed by atoms with van der Waals surface area (Å²) in [6.45, 7) is 2.00. The largest absolute Gasteiger partial charge is 0.278 e. The van der Waals surface area contributed by atoms with E-state index in [-0.39, 0.29) is 11.2 Å². The topological polar surface area (TPSA) is 83.0 Å². The normalized spacial score (nSPS) is 11.1. The van der Waals surface area contributed by atoms with Gasteiger partial charge in [-0.2, -0.15) is 0 Å². The van der Waals surface area contributed by atoms with Crippen molar-refractivity contribution in [2.24, 2.45) is 0 Å². The number of para-hydroxylation sites is 2. The maximum atomic E-state index is 13.7. The molecule has 5 aromatic rings. The van der Waals surface area contributed by atoms with Gasteiger partial charge in [0, 0.05) is 17.9 Å². The molecule has 7 nitrogen and oxygen atoms in total. The van der Waals surface area contributed by atoms with Crippen molar-refractivity contribution in [1.29, 1.82) is 0 Å². The summed E-state index contributed by atoms with van der Waals surface area (Å²) < 4.78 is 4.50. The number of aromatic nitrogens is 3. The van der Waals surface area contributed by atoms with Crippen molar-refractivity contribution in [1.82, 2.24) is 14.1 Å². The minimum absolute atomic E-state index is 0.0370. The first kappa shape index (κ1) is 23.2. The summed E-state index contributed by atoms with van der Waals surface area (Å²) in [4.78, 5) is 29.2. The van der Waals surface area contributed by atoms with Crippen molar-refractivity contribution in [2.75, 3.05) is 0 Å². The molecule has 3 aromatic carbocycles. The number of thiazole rings is 1. The fourth-order valence-corrected chi connectivity index (χ4v) is 5.97. The Hall–Kier alpha value is -3.60. The van der Waals surface area contributed by atoms with Gasteiger partial charge in [0.05, 0.1) is 16.3 Å². The molecule has 0 fully saturated rings. The molecule has 10 heteroatoms. The van der Waals surface area contributed by atoms with Crippen molar-refractivity contribution in [3.63, 3.8) is 0 Å². The number of non-ortho nitro benzene ring substituents is 1. The Labute approximate surface area is 213 Å². The number of hydrogen-bond acceptors (Lipinski definition) is 7. The van der Waals surface area contributed by atoms with Crippen LogP contribution in [0.15, 0.2) is 88.8 Å². The Balaban J connectivity index is 1.67. The van der Waals surface area contributed by atoms with E-state index in [1.807, 2.05) is 66.1 Å². The van der Waals surface area contributed by atoms with Crippen LogP contribution >= 0.6 is 35.3 Å². The molecule has 2 heterocycles. The molecule has 0 spiro atoms. The van der Waals surface area contributed by atoms with E-state index in [1.165, 1.54) is 35.2 Å². The van der Waals surface area contributed by atoms with Gasteiger partial charge < -0.3 is 0 Å². The molecule has 0 amide bonds. The molecule has 5 rings (SSSR count). The van der Waals surface area contributed by atoms with Gasteiger partial charge in [0.25, 0.3) is 11.2 Å². The molecule has 2 aromatic heterocycles. The van der Waals surface area contributed by atoms with E-state index in [2.05, 4.69) is 0 Å². The third kappa shape index (κ3) is 4.43. The molecule has 0 aliphatic rings. The van der Waals surface area contributed by atoms with Crippen LogP contribution in [0.25, 0.3) is 21.7 Å². The minimum Gasteiger partial charge on any atom is -0.275 e. The summed E-state index contributed by atoms with van der Waals surface area (Å²) >= 11 is 8.31. The lowest BCUT2D eigenvalue weighted by atomic mass is 10.2. The van der Waals surface area contributed by atoms with Crippen LogP contribution in [0.4, 0.5) is 5.69 Å². The van der Waals surface area contributed by atoms with Crippen LogP contribution < -0.4 is 5.56 Å². The SMILES string of the molecule is Cc1ccccc1-n1c(=S)sc2c(=O)n(-c3ccccc3)c(SCc3ccc([N+](=O)[O-])cc3)nc21. The molecule has 0 bridgehead atoms. The van der Waals surface area contributed by atoms with Crippen LogP contribution in [-0.2, 0) is 5.75 Å². The zero-order chi connectivity index (χ0) is 24.5. The van der Waals surface area contributed by atoms with Gasteiger partial charge in [-0.15, -0.1) is 0 Å². The van der Waals surface area contributed by atoms with Crippen LogP contribution in [-0.4, -0.2) is 19.0 Å². The monoisotopic (exact) mass is 518 g/mol. The highest BCUT2D eigenvalue weighted by Gasteiger charge is 2.19. The van der Waals surface area contributed by atoms with Crippen molar-refractivity contribution in [2.45, 2.75) is 17.8 Å². The molecular formula is C25H18N4O3S3. The molecule has 0 unspecified atom stereocenters. The Bertz CT molecular complexity index is 1670. The predicted octanol–water partition coefficient (Wildman–Crippen LogP) is 6.48. The van der Waals surface area contributed by atoms with E-state index < -0.39 is 4.92 Å². The average molecular weight is 519 g/mol. The summed E-state index contributed by atoms with van der Waals surface area (Å²) in [5, 5.41) is 11.5. The quantitative estimate of drug-likeness (QED) is 0.0842. The van der Waals surface area contributed by atoms with Gasteiger partial charge in [-0.3, -0.25) is 24.0 Å². The van der Waals surface area contributed by atoms with Crippen molar-refractivity contribution in [3.8, 4) is 11.4 Å². The summed E-state index contributed by atoms with van der Waals surface area (Å²) in [5.74, 6) is 0.484. The van der Waals surface area contributed by atoms with Gasteiger partial charge in [-0.1, -0.05) is 71.6 Å². The van der Waals surface area contributed by atoms with Crippen molar-refractivity contribution in [3.05, 3.63) is 114 Å². The van der Waals surface area contributed by atoms with Crippen LogP contribution in [0.3, 0.4) is 0 Å². The molecule has 0 atom stereocenters. The van der Waals surface area contributed by atoms with Gasteiger partial charge >= 0.3 is 0 Å². The van der Waals surface area contributed by atoms with Crippen molar-refractivity contribution >= 4 is 51.4 Å². The summed E-state index contributed by atoms with van der Waals surface area (Å²) in [5.41, 5.74) is 3.89. The Morgan fingerprint density at radius 2 is 1.69 bits per heavy atom. The third-order valence-electron chi connectivity index (χ3n) is 5.46. The number of thioether (sulfide) groups is 1. The van der Waals surface area contributed by atoms with Crippen LogP contribution in [0.1, 0.15) is 11.1 Å². The second kappa shape index (κ2) is 9.57. The molecule has 0 saturated carbocycles. The lowest BCUT2D eigenvalue weighted by Gasteiger charge is -2.13. The van der Waals surface area contributed by atoms with Crippen molar-refractivity contribution < 1.29 is 4.92 Å². The molecule has 0 saturated heterocycles. The van der Waals surface area contributed by atoms with E-state index >= 15 is 0 Å². The van der Waals surface area contributed by atoms with Crippen LogP contribution in [0, 0.1) is 21.0 Å². The second-order valence-corrected chi connectivity index (χ2v) is 10.3. The number of aryl methyl sites for hydroxylation is 1. The fourth-order valence-electron chi connectivity index (χ4n) is 3.73. The standard InChI is InChI=1S/C25H18N4O3S3/c1-16-7-5-6-10-20(16)28-22-21(35-25(28)33)23(30)27(18-8-3-2-4-9-18)24(26-22)34-15-17-11-13-19(14-12-17)29(31)32/h2-14H,15H2,1H3. The zero-order valence-corrected chi connectivity index (χ0v) is 20.9. The third-order valence-corrected chi connectivity index (χ3v) is 7.82. The number of nitro groups is 1. The van der Waals surface area contributed by atoms with Gasteiger partial charge in [0.1, 0.15) is 4.70 Å². The summed E-state index contributed by atoms with van der Waals surface area (Å²) in [6.07, 6.45) is 0. The average Bonchev–Trinajstić information content (AvgIpc) is 3.20. The second-order valence-electron chi connectivity index (χ2n) is 7.73. The van der Waals surface area contributed by atoms with Gasteiger partial charge in [0.15, 0.2) is 14.8 Å². The predicted molar refractivity (Wildman–Crippen MR) is 143 cm³/mol. The highest BCUT2D eigenvalue weighted by atomic mass is 32.2. The van der Waals surface area contributed by atoms with Crippen LogP contribution in [0.2, 0.25) is 0 Å². The Morgan fingerprint density at radius 1 is 1.00 bits per heavy atom. The van der Waals surface area contributed by atoms with E-state index in [0.29, 0.717) is 30.9 Å². The van der Waals surface area contributed by atoms with E-state index in [9.17, 15) is 14.9 Å². The molecular weight excluding hydrogens is 501 g/mol. The van der Waals surface area contributed by atoms with Crippen LogP contribution in [0.5, 0.6) is 0 Å². The number of nitro benzene ring substituents is 1. The Kier molecular flexibility index (Phi) is 6.33. The number of hydrogen-bond donors (Lipinski definition) is 0. The summed E-state index contributed by atoms with van der Waals surface area (Å²) in [6, 6.07) is 23.6. The Morgan fingerprint density at radius 3 is 2.37 bits per heavy atom. The van der Waals surface area contributed by atoms with E-state index in [0.717, 1.165) is 16.8 Å². The zero-order valence-electron chi connectivity index (χ0n) is 18.5. The minimum atomic E-state index is -0.424. The fraction of sp³-hybridized carbons (Fsp3) is 0.0800. The number of benzene rings is 3. The first-order valence-corrected chi connectivity index (χ1v) is 12.8.